The Hall–Kier alpha value is -2.17. The summed E-state index contributed by atoms with van der Waals surface area (Å²) in [5, 5.41) is -0.0862. The molecule has 1 aromatic rings. The Morgan fingerprint density at radius 3 is 2.73 bits per heavy atom. The molecule has 2 amide bonds. The van der Waals surface area contributed by atoms with Crippen molar-refractivity contribution in [3.63, 3.8) is 0 Å². The minimum atomic E-state index is -0.899. The van der Waals surface area contributed by atoms with Crippen molar-refractivity contribution in [3.8, 4) is 0 Å². The van der Waals surface area contributed by atoms with Crippen LogP contribution in [0.3, 0.4) is 0 Å². The van der Waals surface area contributed by atoms with Crippen LogP contribution in [-0.2, 0) is 0 Å². The van der Waals surface area contributed by atoms with Crippen molar-refractivity contribution < 1.29 is 14.1 Å². The van der Waals surface area contributed by atoms with Crippen LogP contribution in [0.4, 0.5) is 4.48 Å². The molecule has 0 aliphatic carbocycles. The summed E-state index contributed by atoms with van der Waals surface area (Å²) >= 11 is 0. The number of benzene rings is 1. The van der Waals surface area contributed by atoms with E-state index in [0.29, 0.717) is 5.56 Å². The topological polar surface area (TPSA) is 63.4 Å². The summed E-state index contributed by atoms with van der Waals surface area (Å²) in [6.45, 7) is 3.41. The summed E-state index contributed by atoms with van der Waals surface area (Å²) in [6, 6.07) is 4.42. The van der Waals surface area contributed by atoms with Crippen LogP contribution in [-0.4, -0.2) is 16.9 Å². The lowest BCUT2D eigenvalue weighted by Gasteiger charge is -2.01. The maximum absolute atomic E-state index is 13.2. The van der Waals surface area contributed by atoms with Gasteiger partial charge in [0.25, 0.3) is 5.91 Å². The maximum atomic E-state index is 13.2. The highest BCUT2D eigenvalue weighted by atomic mass is 19.2. The molecule has 0 saturated heterocycles. The highest BCUT2D eigenvalue weighted by Gasteiger charge is 2.34. The maximum Gasteiger partial charge on any atom is 0.287 e. The van der Waals surface area contributed by atoms with E-state index in [2.05, 4.69) is 6.58 Å². The van der Waals surface area contributed by atoms with Crippen molar-refractivity contribution in [3.05, 3.63) is 41.5 Å². The van der Waals surface area contributed by atoms with Crippen LogP contribution in [0.25, 0.3) is 5.70 Å². The van der Waals surface area contributed by atoms with Crippen molar-refractivity contribution >= 4 is 17.5 Å². The summed E-state index contributed by atoms with van der Waals surface area (Å²) in [5.41, 5.74) is 5.31. The van der Waals surface area contributed by atoms with E-state index in [9.17, 15) is 14.1 Å². The lowest BCUT2D eigenvalue weighted by molar-refractivity contribution is 0.0525. The summed E-state index contributed by atoms with van der Waals surface area (Å²) in [7, 11) is 0. The smallest absolute Gasteiger partial charge is 0.287 e. The molecule has 76 valence electrons. The summed E-state index contributed by atoms with van der Waals surface area (Å²) in [6.07, 6.45) is 0. The van der Waals surface area contributed by atoms with Gasteiger partial charge in [-0.3, -0.25) is 9.59 Å². The fourth-order valence-corrected chi connectivity index (χ4v) is 1.56. The monoisotopic (exact) mass is 206 g/mol. The summed E-state index contributed by atoms with van der Waals surface area (Å²) in [5.74, 6) is -1.66. The van der Waals surface area contributed by atoms with Crippen LogP contribution in [0.15, 0.2) is 24.8 Å². The minimum absolute atomic E-state index is 0.0128. The van der Waals surface area contributed by atoms with Crippen LogP contribution < -0.4 is 5.73 Å². The van der Waals surface area contributed by atoms with Gasteiger partial charge in [-0.1, -0.05) is 23.2 Å². The Morgan fingerprint density at radius 1 is 1.47 bits per heavy atom. The number of hydrogen-bond acceptors (Lipinski definition) is 2. The number of hydrogen-bond donors (Lipinski definition) is 1. The Bertz CT molecular complexity index is 496. The molecule has 0 saturated carbocycles. The van der Waals surface area contributed by atoms with Gasteiger partial charge in [-0.15, -0.1) is 5.12 Å². The number of rotatable bonds is 1. The van der Waals surface area contributed by atoms with Crippen molar-refractivity contribution in [1.82, 2.24) is 5.12 Å². The van der Waals surface area contributed by atoms with Gasteiger partial charge in [0, 0.05) is 5.56 Å². The van der Waals surface area contributed by atoms with Gasteiger partial charge in [0.15, 0.2) is 0 Å². The Kier molecular flexibility index (Phi) is 1.82. The van der Waals surface area contributed by atoms with Crippen molar-refractivity contribution in [2.75, 3.05) is 0 Å². The Morgan fingerprint density at radius 2 is 2.13 bits per heavy atom. The van der Waals surface area contributed by atoms with Crippen LogP contribution in [0.5, 0.6) is 0 Å². The number of nitrogens with two attached hydrogens (primary N) is 1. The lowest BCUT2D eigenvalue weighted by Crippen LogP contribution is -2.18. The van der Waals surface area contributed by atoms with E-state index >= 15 is 0 Å². The van der Waals surface area contributed by atoms with E-state index in [4.69, 9.17) is 5.73 Å². The zero-order chi connectivity index (χ0) is 11.2. The van der Waals surface area contributed by atoms with E-state index < -0.39 is 11.8 Å². The second-order valence-corrected chi connectivity index (χ2v) is 3.13. The molecule has 1 aromatic carbocycles. The van der Waals surface area contributed by atoms with Gasteiger partial charge in [-0.25, -0.2) is 0 Å². The number of nitrogens with zero attached hydrogens (tertiary/aromatic N) is 1. The zero-order valence-corrected chi connectivity index (χ0v) is 7.66. The number of amides is 2. The SMILES string of the molecule is C=C1c2cccc(C(N)=O)c2C(=O)N1F. The zero-order valence-electron chi connectivity index (χ0n) is 7.66. The molecule has 5 heteroatoms. The van der Waals surface area contributed by atoms with Crippen molar-refractivity contribution in [2.24, 2.45) is 5.73 Å². The average molecular weight is 206 g/mol. The molecule has 0 fully saturated rings. The molecule has 0 unspecified atom stereocenters. The third-order valence-corrected chi connectivity index (χ3v) is 2.27. The van der Waals surface area contributed by atoms with E-state index in [1.54, 1.807) is 0 Å². The fourth-order valence-electron chi connectivity index (χ4n) is 1.56. The molecule has 2 N–H and O–H groups in total. The van der Waals surface area contributed by atoms with Crippen molar-refractivity contribution in [2.45, 2.75) is 0 Å². The molecule has 2 rings (SSSR count). The van der Waals surface area contributed by atoms with Gasteiger partial charge in [0.2, 0.25) is 5.91 Å². The third-order valence-electron chi connectivity index (χ3n) is 2.27. The molecule has 1 heterocycles. The second kappa shape index (κ2) is 2.91. The standard InChI is InChI=1S/C10H7FN2O2/c1-5-6-3-2-4-7(9(12)14)8(6)10(15)13(5)11/h2-4H,1H2,(H2,12,14). The molecule has 0 atom stereocenters. The lowest BCUT2D eigenvalue weighted by atomic mass is 10.0. The molecule has 0 radical (unpaired) electrons. The molecule has 1 aliphatic heterocycles. The first-order valence-corrected chi connectivity index (χ1v) is 4.16. The van der Waals surface area contributed by atoms with Gasteiger partial charge in [0.05, 0.1) is 16.8 Å². The van der Waals surface area contributed by atoms with E-state index in [1.807, 2.05) is 0 Å². The highest BCUT2D eigenvalue weighted by molar-refractivity contribution is 6.14. The summed E-state index contributed by atoms with van der Waals surface area (Å²) < 4.78 is 13.2. The molecular formula is C10H7FN2O2. The van der Waals surface area contributed by atoms with Crippen LogP contribution in [0, 0.1) is 0 Å². The Balaban J connectivity index is 2.74. The van der Waals surface area contributed by atoms with Crippen LogP contribution in [0.2, 0.25) is 0 Å². The average Bonchev–Trinajstić information content (AvgIpc) is 2.44. The largest absolute Gasteiger partial charge is 0.366 e. The predicted octanol–water partition coefficient (Wildman–Crippen LogP) is 1.10. The normalized spacial score (nSPS) is 14.3. The first-order chi connectivity index (χ1) is 7.04. The van der Waals surface area contributed by atoms with Gasteiger partial charge in [0.1, 0.15) is 0 Å². The van der Waals surface area contributed by atoms with Gasteiger partial charge < -0.3 is 5.73 Å². The van der Waals surface area contributed by atoms with Crippen molar-refractivity contribution in [1.29, 1.82) is 0 Å². The highest BCUT2D eigenvalue weighted by Crippen LogP contribution is 2.33. The van der Waals surface area contributed by atoms with Crippen LogP contribution >= 0.6 is 0 Å². The Labute approximate surface area is 84.7 Å². The third kappa shape index (κ3) is 1.13. The number of carbonyl (C=O) groups excluding carboxylic acids is 2. The predicted molar refractivity (Wildman–Crippen MR) is 51.3 cm³/mol. The molecule has 15 heavy (non-hydrogen) atoms. The minimum Gasteiger partial charge on any atom is -0.366 e. The van der Waals surface area contributed by atoms with Gasteiger partial charge in [-0.2, -0.15) is 0 Å². The number of fused-ring (bicyclic) bond motifs is 1. The van der Waals surface area contributed by atoms with Gasteiger partial charge >= 0.3 is 0 Å². The molecule has 0 aromatic heterocycles. The van der Waals surface area contributed by atoms with E-state index in [-0.39, 0.29) is 21.9 Å². The fraction of sp³-hybridized carbons (Fsp3) is 0. The molecule has 1 aliphatic rings. The molecule has 4 nitrogen and oxygen atoms in total. The number of carbonyl (C=O) groups is 2. The van der Waals surface area contributed by atoms with E-state index in [0.717, 1.165) is 0 Å². The van der Waals surface area contributed by atoms with Crippen LogP contribution in [0.1, 0.15) is 26.3 Å². The second-order valence-electron chi connectivity index (χ2n) is 3.13. The number of primary amides is 1. The first kappa shape index (κ1) is 9.39. The van der Waals surface area contributed by atoms with Gasteiger partial charge in [-0.05, 0) is 6.07 Å². The molecule has 0 spiro atoms. The quantitative estimate of drug-likeness (QED) is 0.699. The molecular weight excluding hydrogens is 199 g/mol. The summed E-state index contributed by atoms with van der Waals surface area (Å²) in [4.78, 5) is 22.4. The first-order valence-electron chi connectivity index (χ1n) is 4.16. The van der Waals surface area contributed by atoms with E-state index in [1.165, 1.54) is 18.2 Å². The number of halogens is 1. The molecule has 0 bridgehead atoms.